The zero-order valence-corrected chi connectivity index (χ0v) is 13.3. The van der Waals surface area contributed by atoms with Crippen LogP contribution in [0.3, 0.4) is 0 Å². The molecular formula is C16H21N5O2. The summed E-state index contributed by atoms with van der Waals surface area (Å²) in [5, 5.41) is 6.33. The Labute approximate surface area is 135 Å². The average molecular weight is 315 g/mol. The van der Waals surface area contributed by atoms with Crippen molar-refractivity contribution in [2.75, 3.05) is 33.8 Å². The number of rotatable bonds is 4. The highest BCUT2D eigenvalue weighted by molar-refractivity contribution is 5.90. The lowest BCUT2D eigenvalue weighted by molar-refractivity contribution is -0.0708. The molecule has 122 valence electrons. The molecule has 0 spiro atoms. The van der Waals surface area contributed by atoms with Crippen molar-refractivity contribution in [1.29, 1.82) is 0 Å². The van der Waals surface area contributed by atoms with Crippen molar-refractivity contribution < 1.29 is 9.53 Å². The molecule has 0 radical (unpaired) electrons. The van der Waals surface area contributed by atoms with Gasteiger partial charge in [-0.2, -0.15) is 5.10 Å². The highest BCUT2D eigenvalue weighted by atomic mass is 16.5. The number of H-pyrrole nitrogens is 1. The van der Waals surface area contributed by atoms with E-state index in [1.54, 1.807) is 11.9 Å². The molecule has 1 saturated heterocycles. The first-order valence-corrected chi connectivity index (χ1v) is 7.64. The van der Waals surface area contributed by atoms with Gasteiger partial charge in [-0.25, -0.2) is 4.98 Å². The van der Waals surface area contributed by atoms with Crippen LogP contribution >= 0.6 is 0 Å². The van der Waals surface area contributed by atoms with Crippen molar-refractivity contribution in [3.05, 3.63) is 48.0 Å². The summed E-state index contributed by atoms with van der Waals surface area (Å²) in [7, 11) is 3.84. The van der Waals surface area contributed by atoms with Gasteiger partial charge in [0.05, 0.1) is 18.8 Å². The molecule has 7 heteroatoms. The average Bonchev–Trinajstić information content (AvgIpc) is 3.09. The van der Waals surface area contributed by atoms with Crippen molar-refractivity contribution in [3.8, 4) is 0 Å². The molecule has 23 heavy (non-hydrogen) atoms. The van der Waals surface area contributed by atoms with Gasteiger partial charge in [-0.3, -0.25) is 14.8 Å². The van der Waals surface area contributed by atoms with E-state index in [0.717, 1.165) is 6.54 Å². The Bertz CT molecular complexity index is 631. The zero-order chi connectivity index (χ0) is 16.2. The van der Waals surface area contributed by atoms with E-state index in [-0.39, 0.29) is 23.9 Å². The highest BCUT2D eigenvalue weighted by Gasteiger charge is 2.33. The van der Waals surface area contributed by atoms with Crippen LogP contribution in [0.1, 0.15) is 22.2 Å². The number of likely N-dealkylation sites (N-methyl/N-ethyl adjacent to an activating group) is 2. The minimum Gasteiger partial charge on any atom is -0.373 e. The number of hydrogen-bond donors (Lipinski definition) is 1. The Balaban J connectivity index is 1.75. The predicted molar refractivity (Wildman–Crippen MR) is 84.9 cm³/mol. The maximum Gasteiger partial charge on any atom is 0.291 e. The molecule has 2 atom stereocenters. The van der Waals surface area contributed by atoms with Crippen LogP contribution in [0.2, 0.25) is 0 Å². The van der Waals surface area contributed by atoms with Gasteiger partial charge in [0.1, 0.15) is 6.33 Å². The van der Waals surface area contributed by atoms with Crippen LogP contribution in [0.25, 0.3) is 0 Å². The first-order chi connectivity index (χ1) is 11.2. The fourth-order valence-electron chi connectivity index (χ4n) is 2.98. The van der Waals surface area contributed by atoms with Crippen molar-refractivity contribution in [1.82, 2.24) is 25.0 Å². The van der Waals surface area contributed by atoms with Gasteiger partial charge in [-0.15, -0.1) is 0 Å². The molecule has 2 aromatic rings. The van der Waals surface area contributed by atoms with Crippen LogP contribution in [0.4, 0.5) is 0 Å². The smallest absolute Gasteiger partial charge is 0.291 e. The Hall–Kier alpha value is -2.25. The maximum absolute atomic E-state index is 12.3. The lowest BCUT2D eigenvalue weighted by Crippen LogP contribution is -2.48. The van der Waals surface area contributed by atoms with E-state index in [2.05, 4.69) is 39.3 Å². The molecule has 3 rings (SSSR count). The molecule has 1 amide bonds. The van der Waals surface area contributed by atoms with Crippen LogP contribution in [-0.4, -0.2) is 70.8 Å². The molecule has 1 fully saturated rings. The molecule has 0 bridgehead atoms. The maximum atomic E-state index is 12.3. The van der Waals surface area contributed by atoms with E-state index in [1.165, 1.54) is 11.9 Å². The number of carbonyl (C=O) groups is 1. The number of carbonyl (C=O) groups excluding carboxylic acids is 1. The predicted octanol–water partition coefficient (Wildman–Crippen LogP) is 0.949. The van der Waals surface area contributed by atoms with Gasteiger partial charge in [-0.05, 0) is 12.6 Å². The van der Waals surface area contributed by atoms with Crippen LogP contribution in [-0.2, 0) is 4.74 Å². The number of benzene rings is 1. The number of hydrogen-bond acceptors (Lipinski definition) is 5. The first kappa shape index (κ1) is 15.6. The van der Waals surface area contributed by atoms with Gasteiger partial charge in [0.25, 0.3) is 5.91 Å². The molecule has 1 aliphatic rings. The number of ether oxygens (including phenoxy) is 1. The number of amides is 1. The minimum atomic E-state index is -0.189. The number of morpholine rings is 1. The Morgan fingerprint density at radius 2 is 2.22 bits per heavy atom. The largest absolute Gasteiger partial charge is 0.373 e. The van der Waals surface area contributed by atoms with Crippen molar-refractivity contribution in [2.24, 2.45) is 0 Å². The summed E-state index contributed by atoms with van der Waals surface area (Å²) in [6.45, 7) is 2.02. The number of aromatic amines is 1. The third kappa shape index (κ3) is 3.40. The van der Waals surface area contributed by atoms with E-state index < -0.39 is 0 Å². The van der Waals surface area contributed by atoms with Crippen LogP contribution in [0.15, 0.2) is 36.7 Å². The van der Waals surface area contributed by atoms with Gasteiger partial charge in [-0.1, -0.05) is 30.3 Å². The highest BCUT2D eigenvalue weighted by Crippen LogP contribution is 2.28. The quantitative estimate of drug-likeness (QED) is 0.909. The van der Waals surface area contributed by atoms with Gasteiger partial charge in [0, 0.05) is 20.1 Å². The molecule has 0 saturated carbocycles. The summed E-state index contributed by atoms with van der Waals surface area (Å²) in [5.41, 5.74) is 1.19. The molecule has 0 unspecified atom stereocenters. The van der Waals surface area contributed by atoms with Crippen molar-refractivity contribution in [2.45, 2.75) is 12.1 Å². The molecular weight excluding hydrogens is 294 g/mol. The normalized spacial score (nSPS) is 22.0. The summed E-state index contributed by atoms with van der Waals surface area (Å²) in [4.78, 5) is 20.1. The monoisotopic (exact) mass is 315 g/mol. The van der Waals surface area contributed by atoms with Crippen molar-refractivity contribution in [3.63, 3.8) is 0 Å². The molecule has 1 N–H and O–H groups in total. The SMILES string of the molecule is CN(C[C@@H]1OCCN(C)[C@H]1c1ccccc1)C(=O)c1ncn[nH]1. The minimum absolute atomic E-state index is 0.0898. The van der Waals surface area contributed by atoms with E-state index >= 15 is 0 Å². The third-order valence-corrected chi connectivity index (χ3v) is 4.16. The Morgan fingerprint density at radius 3 is 2.91 bits per heavy atom. The summed E-state index contributed by atoms with van der Waals surface area (Å²) >= 11 is 0. The lowest BCUT2D eigenvalue weighted by Gasteiger charge is -2.40. The van der Waals surface area contributed by atoms with Crippen LogP contribution in [0, 0.1) is 0 Å². The van der Waals surface area contributed by atoms with Gasteiger partial charge >= 0.3 is 0 Å². The van der Waals surface area contributed by atoms with Crippen LogP contribution < -0.4 is 0 Å². The summed E-state index contributed by atoms with van der Waals surface area (Å²) in [6.07, 6.45) is 1.24. The van der Waals surface area contributed by atoms with Gasteiger partial charge in [0.2, 0.25) is 5.82 Å². The van der Waals surface area contributed by atoms with E-state index in [4.69, 9.17) is 4.74 Å². The molecule has 1 aromatic carbocycles. The Morgan fingerprint density at radius 1 is 1.43 bits per heavy atom. The number of nitrogens with zero attached hydrogens (tertiary/aromatic N) is 4. The van der Waals surface area contributed by atoms with Crippen molar-refractivity contribution >= 4 is 5.91 Å². The van der Waals surface area contributed by atoms with E-state index in [0.29, 0.717) is 13.2 Å². The second-order valence-corrected chi connectivity index (χ2v) is 5.77. The summed E-state index contributed by atoms with van der Waals surface area (Å²) < 4.78 is 5.97. The third-order valence-electron chi connectivity index (χ3n) is 4.16. The van der Waals surface area contributed by atoms with E-state index in [9.17, 15) is 4.79 Å². The Kier molecular flexibility index (Phi) is 4.68. The summed E-state index contributed by atoms with van der Waals surface area (Å²) in [5.74, 6) is 0.0547. The molecule has 1 aliphatic heterocycles. The molecule has 1 aromatic heterocycles. The lowest BCUT2D eigenvalue weighted by atomic mass is 9.98. The second-order valence-electron chi connectivity index (χ2n) is 5.77. The molecule has 7 nitrogen and oxygen atoms in total. The zero-order valence-electron chi connectivity index (χ0n) is 13.3. The van der Waals surface area contributed by atoms with Crippen LogP contribution in [0.5, 0.6) is 0 Å². The summed E-state index contributed by atoms with van der Waals surface area (Å²) in [6, 6.07) is 10.4. The topological polar surface area (TPSA) is 74.3 Å². The fourth-order valence-corrected chi connectivity index (χ4v) is 2.98. The fraction of sp³-hybridized carbons (Fsp3) is 0.438. The van der Waals surface area contributed by atoms with E-state index in [1.807, 2.05) is 18.2 Å². The van der Waals surface area contributed by atoms with Gasteiger partial charge in [0.15, 0.2) is 0 Å². The first-order valence-electron chi connectivity index (χ1n) is 7.64. The molecule has 0 aliphatic carbocycles. The standard InChI is InChI=1S/C16H21N5O2/c1-20-8-9-23-13(14(20)12-6-4-3-5-7-12)10-21(2)16(22)15-17-11-18-19-15/h3-7,11,13-14H,8-10H2,1-2H3,(H,17,18,19)/t13-,14-/m0/s1. The number of nitrogens with one attached hydrogen (secondary N) is 1. The second kappa shape index (κ2) is 6.89. The number of aromatic nitrogens is 3. The molecule has 2 heterocycles. The van der Waals surface area contributed by atoms with Gasteiger partial charge < -0.3 is 9.64 Å².